The molecule has 1 N–H and O–H groups in total. The maximum atomic E-state index is 12.8. The zero-order valence-corrected chi connectivity index (χ0v) is 13.3. The maximum absolute atomic E-state index is 12.8. The third-order valence-electron chi connectivity index (χ3n) is 4.12. The number of carbonyl (C=O) groups is 1. The van der Waals surface area contributed by atoms with Gasteiger partial charge in [0.25, 0.3) is 0 Å². The summed E-state index contributed by atoms with van der Waals surface area (Å²) < 4.78 is 18.4. The molecular weight excluding hydrogens is 309 g/mol. The Bertz CT molecular complexity index is 656. The number of ether oxygens (including phenoxy) is 1. The van der Waals surface area contributed by atoms with E-state index in [4.69, 9.17) is 4.74 Å². The molecule has 1 aliphatic carbocycles. The predicted molar refractivity (Wildman–Crippen MR) is 87.0 cm³/mol. The first-order valence-corrected chi connectivity index (χ1v) is 8.16. The van der Waals surface area contributed by atoms with Crippen molar-refractivity contribution in [3.8, 4) is 6.01 Å². The number of nitrogens with one attached hydrogen (secondary N) is 1. The monoisotopic (exact) mass is 329 g/mol. The Morgan fingerprint density at radius 1 is 1.12 bits per heavy atom. The van der Waals surface area contributed by atoms with E-state index in [-0.39, 0.29) is 24.1 Å². The molecule has 1 aromatic heterocycles. The van der Waals surface area contributed by atoms with Gasteiger partial charge in [0, 0.05) is 6.04 Å². The van der Waals surface area contributed by atoms with Crippen LogP contribution >= 0.6 is 0 Å². The van der Waals surface area contributed by atoms with Gasteiger partial charge in [-0.1, -0.05) is 30.3 Å². The molecule has 1 saturated carbocycles. The first-order valence-electron chi connectivity index (χ1n) is 8.16. The molecule has 0 atom stereocenters. The van der Waals surface area contributed by atoms with Gasteiger partial charge in [-0.2, -0.15) is 0 Å². The van der Waals surface area contributed by atoms with Crippen LogP contribution in [0.5, 0.6) is 6.01 Å². The summed E-state index contributed by atoms with van der Waals surface area (Å²) in [6.45, 7) is 0. The third kappa shape index (κ3) is 4.75. The average Bonchev–Trinajstić information content (AvgIpc) is 2.59. The van der Waals surface area contributed by atoms with Crippen LogP contribution in [0.3, 0.4) is 0 Å². The lowest BCUT2D eigenvalue weighted by atomic mass is 9.93. The highest BCUT2D eigenvalue weighted by Crippen LogP contribution is 2.22. The van der Waals surface area contributed by atoms with Crippen LogP contribution in [0, 0.1) is 5.82 Å². The van der Waals surface area contributed by atoms with E-state index in [1.165, 1.54) is 0 Å². The summed E-state index contributed by atoms with van der Waals surface area (Å²) in [5, 5.41) is 3.08. The van der Waals surface area contributed by atoms with Gasteiger partial charge in [0.1, 0.15) is 6.10 Å². The lowest BCUT2D eigenvalue weighted by Gasteiger charge is -2.28. The molecule has 3 rings (SSSR count). The lowest BCUT2D eigenvalue weighted by Crippen LogP contribution is -2.40. The molecule has 24 heavy (non-hydrogen) atoms. The highest BCUT2D eigenvalue weighted by molar-refractivity contribution is 5.78. The SMILES string of the molecule is O=C(Cc1ccccc1)NC1CCC(Oc2ncc(F)cn2)CC1. The zero-order chi connectivity index (χ0) is 16.8. The van der Waals surface area contributed by atoms with Crippen LogP contribution < -0.4 is 10.1 Å². The molecule has 2 aromatic rings. The van der Waals surface area contributed by atoms with Crippen LogP contribution in [0.15, 0.2) is 42.7 Å². The van der Waals surface area contributed by atoms with Crippen molar-refractivity contribution in [2.75, 3.05) is 0 Å². The predicted octanol–water partition coefficient (Wildman–Crippen LogP) is 2.66. The Morgan fingerprint density at radius 3 is 2.46 bits per heavy atom. The van der Waals surface area contributed by atoms with Crippen molar-refractivity contribution < 1.29 is 13.9 Å². The minimum Gasteiger partial charge on any atom is -0.460 e. The molecule has 0 unspecified atom stereocenters. The van der Waals surface area contributed by atoms with Crippen LogP contribution in [0.1, 0.15) is 31.2 Å². The van der Waals surface area contributed by atoms with E-state index in [0.29, 0.717) is 6.42 Å². The van der Waals surface area contributed by atoms with Gasteiger partial charge in [-0.25, -0.2) is 14.4 Å². The largest absolute Gasteiger partial charge is 0.460 e. The van der Waals surface area contributed by atoms with Crippen LogP contribution in [0.25, 0.3) is 0 Å². The fraction of sp³-hybridized carbons (Fsp3) is 0.389. The van der Waals surface area contributed by atoms with Gasteiger partial charge in [-0.15, -0.1) is 0 Å². The molecular formula is C18H20FN3O2. The number of hydrogen-bond acceptors (Lipinski definition) is 4. The van der Waals surface area contributed by atoms with Crippen molar-refractivity contribution in [1.82, 2.24) is 15.3 Å². The molecule has 1 aromatic carbocycles. The van der Waals surface area contributed by atoms with Gasteiger partial charge >= 0.3 is 6.01 Å². The molecule has 0 bridgehead atoms. The first kappa shape index (κ1) is 16.4. The minimum absolute atomic E-state index is 0.0118. The molecule has 5 nitrogen and oxygen atoms in total. The number of nitrogens with zero attached hydrogens (tertiary/aromatic N) is 2. The topological polar surface area (TPSA) is 64.1 Å². The van der Waals surface area contributed by atoms with E-state index in [1.54, 1.807) is 0 Å². The van der Waals surface area contributed by atoms with E-state index < -0.39 is 5.82 Å². The van der Waals surface area contributed by atoms with E-state index in [1.807, 2.05) is 30.3 Å². The van der Waals surface area contributed by atoms with Crippen LogP contribution in [0.4, 0.5) is 4.39 Å². The number of carbonyl (C=O) groups excluding carboxylic acids is 1. The van der Waals surface area contributed by atoms with Crippen molar-refractivity contribution in [2.24, 2.45) is 0 Å². The van der Waals surface area contributed by atoms with Gasteiger partial charge in [-0.05, 0) is 31.2 Å². The van der Waals surface area contributed by atoms with E-state index in [9.17, 15) is 9.18 Å². The normalized spacial score (nSPS) is 20.4. The number of halogens is 1. The molecule has 0 aliphatic heterocycles. The minimum atomic E-state index is -0.479. The van der Waals surface area contributed by atoms with E-state index in [2.05, 4.69) is 15.3 Å². The summed E-state index contributed by atoms with van der Waals surface area (Å²) in [4.78, 5) is 19.7. The maximum Gasteiger partial charge on any atom is 0.316 e. The molecule has 0 spiro atoms. The first-order chi connectivity index (χ1) is 11.7. The molecule has 1 amide bonds. The van der Waals surface area contributed by atoms with E-state index in [0.717, 1.165) is 43.6 Å². The molecule has 1 fully saturated rings. The van der Waals surface area contributed by atoms with Crippen LogP contribution in [-0.2, 0) is 11.2 Å². The Morgan fingerprint density at radius 2 is 1.79 bits per heavy atom. The number of hydrogen-bond donors (Lipinski definition) is 1. The molecule has 126 valence electrons. The Hall–Kier alpha value is -2.50. The summed E-state index contributed by atoms with van der Waals surface area (Å²) in [5.41, 5.74) is 1.01. The van der Waals surface area contributed by atoms with Crippen LogP contribution in [-0.4, -0.2) is 28.0 Å². The van der Waals surface area contributed by atoms with Crippen molar-refractivity contribution in [1.29, 1.82) is 0 Å². The quantitative estimate of drug-likeness (QED) is 0.916. The van der Waals surface area contributed by atoms with Gasteiger partial charge in [0.15, 0.2) is 5.82 Å². The lowest BCUT2D eigenvalue weighted by molar-refractivity contribution is -0.121. The standard InChI is InChI=1S/C18H20FN3O2/c19-14-11-20-18(21-12-14)24-16-8-6-15(7-9-16)22-17(23)10-13-4-2-1-3-5-13/h1-5,11-12,15-16H,6-10H2,(H,22,23). The zero-order valence-electron chi connectivity index (χ0n) is 13.3. The van der Waals surface area contributed by atoms with Gasteiger partial charge in [-0.3, -0.25) is 4.79 Å². The highest BCUT2D eigenvalue weighted by Gasteiger charge is 2.24. The number of rotatable bonds is 5. The van der Waals surface area contributed by atoms with E-state index >= 15 is 0 Å². The van der Waals surface area contributed by atoms with Gasteiger partial charge in [0.2, 0.25) is 5.91 Å². The van der Waals surface area contributed by atoms with Gasteiger partial charge < -0.3 is 10.1 Å². The van der Waals surface area contributed by atoms with Crippen LogP contribution in [0.2, 0.25) is 0 Å². The second-order valence-corrected chi connectivity index (χ2v) is 6.01. The summed E-state index contributed by atoms with van der Waals surface area (Å²) in [5.74, 6) is -0.431. The van der Waals surface area contributed by atoms with Crippen molar-refractivity contribution >= 4 is 5.91 Å². The second kappa shape index (κ2) is 7.86. The number of benzene rings is 1. The summed E-state index contributed by atoms with van der Waals surface area (Å²) in [6.07, 6.45) is 5.95. The molecule has 6 heteroatoms. The molecule has 0 radical (unpaired) electrons. The summed E-state index contributed by atoms with van der Waals surface area (Å²) in [7, 11) is 0. The highest BCUT2D eigenvalue weighted by atomic mass is 19.1. The summed E-state index contributed by atoms with van der Waals surface area (Å²) in [6, 6.07) is 10.1. The van der Waals surface area contributed by atoms with Crippen molar-refractivity contribution in [2.45, 2.75) is 44.2 Å². The van der Waals surface area contributed by atoms with Crippen molar-refractivity contribution in [3.63, 3.8) is 0 Å². The van der Waals surface area contributed by atoms with Gasteiger partial charge in [0.05, 0.1) is 18.8 Å². The number of aromatic nitrogens is 2. The average molecular weight is 329 g/mol. The Kier molecular flexibility index (Phi) is 5.36. The Labute approximate surface area is 140 Å². The smallest absolute Gasteiger partial charge is 0.316 e. The van der Waals surface area contributed by atoms with Crippen molar-refractivity contribution in [3.05, 3.63) is 54.1 Å². The fourth-order valence-electron chi connectivity index (χ4n) is 2.90. The Balaban J connectivity index is 1.41. The second-order valence-electron chi connectivity index (χ2n) is 6.01. The fourth-order valence-corrected chi connectivity index (χ4v) is 2.90. The third-order valence-corrected chi connectivity index (χ3v) is 4.12. The molecule has 1 heterocycles. The number of amides is 1. The summed E-state index contributed by atoms with van der Waals surface area (Å²) >= 11 is 0. The molecule has 0 saturated heterocycles. The molecule has 1 aliphatic rings.